The van der Waals surface area contributed by atoms with Gasteiger partial charge in [-0.15, -0.1) is 20.5 Å². The van der Waals surface area contributed by atoms with Crippen molar-refractivity contribution in [1.82, 2.24) is 0 Å². The second kappa shape index (κ2) is 13.7. The molecule has 0 saturated heterocycles. The van der Waals surface area contributed by atoms with Gasteiger partial charge < -0.3 is 21.7 Å². The molecule has 0 aliphatic carbocycles. The SMILES string of the molecule is Nc1ccc2c(O)c(/N=N/c3ccc(-c4ccc(/N=N/c5c(S(=O)(=O)O)cc6ccc(N)cc6c5O)c(C(F)(F)F)c4)cc3C(F)(F)F)c(S(=O)(=O)O)cc2c1. The first-order chi connectivity index (χ1) is 25.9. The summed E-state index contributed by atoms with van der Waals surface area (Å²) in [5, 5.41) is 35.4. The number of benzene rings is 6. The molecule has 22 heteroatoms. The van der Waals surface area contributed by atoms with Gasteiger partial charge in [0.25, 0.3) is 20.2 Å². The number of alkyl halides is 6. The van der Waals surface area contributed by atoms with E-state index in [-0.39, 0.29) is 32.9 Å². The van der Waals surface area contributed by atoms with Crippen molar-refractivity contribution in [3.05, 3.63) is 96.1 Å². The molecule has 0 fully saturated rings. The molecule has 6 aromatic rings. The van der Waals surface area contributed by atoms with Gasteiger partial charge in [0.15, 0.2) is 11.5 Å². The number of rotatable bonds is 7. The Morgan fingerprint density at radius 1 is 0.500 bits per heavy atom. The molecule has 0 aliphatic rings. The fraction of sp³-hybridized carbons (Fsp3) is 0.0588. The third kappa shape index (κ3) is 7.75. The molecule has 0 radical (unpaired) electrons. The minimum Gasteiger partial charge on any atom is -0.505 e. The van der Waals surface area contributed by atoms with Crippen molar-refractivity contribution in [2.45, 2.75) is 22.1 Å². The van der Waals surface area contributed by atoms with Gasteiger partial charge in [-0.3, -0.25) is 9.11 Å². The second-order valence-electron chi connectivity index (χ2n) is 11.9. The van der Waals surface area contributed by atoms with Crippen molar-refractivity contribution >= 4 is 75.9 Å². The highest BCUT2D eigenvalue weighted by Crippen LogP contribution is 2.47. The number of aromatic hydroxyl groups is 2. The molecule has 290 valence electrons. The topological polar surface area (TPSA) is 251 Å². The lowest BCUT2D eigenvalue weighted by atomic mass is 9.99. The van der Waals surface area contributed by atoms with E-state index in [0.29, 0.717) is 24.3 Å². The fourth-order valence-electron chi connectivity index (χ4n) is 5.58. The first-order valence-corrected chi connectivity index (χ1v) is 18.1. The number of hydrogen-bond acceptors (Lipinski definition) is 12. The van der Waals surface area contributed by atoms with Gasteiger partial charge in [0.1, 0.15) is 21.2 Å². The van der Waals surface area contributed by atoms with Gasteiger partial charge in [-0.05, 0) is 88.6 Å². The van der Waals surface area contributed by atoms with Crippen LogP contribution in [0.5, 0.6) is 11.5 Å². The van der Waals surface area contributed by atoms with Crippen molar-refractivity contribution in [2.24, 2.45) is 20.5 Å². The Morgan fingerprint density at radius 3 is 1.39 bits per heavy atom. The second-order valence-corrected chi connectivity index (χ2v) is 14.7. The van der Waals surface area contributed by atoms with Crippen LogP contribution in [0.4, 0.5) is 60.5 Å². The third-order valence-corrected chi connectivity index (χ3v) is 9.89. The van der Waals surface area contributed by atoms with E-state index in [1.807, 2.05) is 0 Å². The maximum absolute atomic E-state index is 14.3. The number of hydrogen-bond donors (Lipinski definition) is 6. The molecule has 0 saturated carbocycles. The molecule has 0 bridgehead atoms. The van der Waals surface area contributed by atoms with Gasteiger partial charge in [-0.1, -0.05) is 18.2 Å². The lowest BCUT2D eigenvalue weighted by Gasteiger charge is -2.15. The zero-order chi connectivity index (χ0) is 41.1. The largest absolute Gasteiger partial charge is 0.505 e. The first-order valence-electron chi connectivity index (χ1n) is 15.2. The number of halogens is 6. The van der Waals surface area contributed by atoms with Crippen LogP contribution in [0.3, 0.4) is 0 Å². The maximum atomic E-state index is 14.3. The van der Waals surface area contributed by atoms with E-state index in [0.717, 1.165) is 24.3 Å². The van der Waals surface area contributed by atoms with Crippen LogP contribution in [-0.2, 0) is 32.6 Å². The molecular weight excluding hydrogens is 799 g/mol. The number of nitrogens with two attached hydrogens (primary N) is 2. The molecule has 6 aromatic carbocycles. The molecule has 0 aromatic heterocycles. The van der Waals surface area contributed by atoms with Crippen LogP contribution in [0.15, 0.2) is 115 Å². The van der Waals surface area contributed by atoms with E-state index >= 15 is 0 Å². The maximum Gasteiger partial charge on any atom is 0.418 e. The minimum absolute atomic E-state index is 0.0282. The zero-order valence-electron chi connectivity index (χ0n) is 27.5. The van der Waals surface area contributed by atoms with Crippen LogP contribution in [0, 0.1) is 0 Å². The highest BCUT2D eigenvalue weighted by Gasteiger charge is 2.36. The summed E-state index contributed by atoms with van der Waals surface area (Å²) in [5.41, 5.74) is 3.88. The summed E-state index contributed by atoms with van der Waals surface area (Å²) in [6, 6.07) is 13.5. The summed E-state index contributed by atoms with van der Waals surface area (Å²) in [5.74, 6) is -1.78. The zero-order valence-corrected chi connectivity index (χ0v) is 29.2. The van der Waals surface area contributed by atoms with Crippen LogP contribution in [-0.4, -0.2) is 36.2 Å². The number of azo groups is 2. The Hall–Kier alpha value is -6.36. The molecule has 0 aliphatic heterocycles. The highest BCUT2D eigenvalue weighted by atomic mass is 32.2. The number of nitrogens with zero attached hydrogens (tertiary/aromatic N) is 4. The Labute approximate surface area is 310 Å². The van der Waals surface area contributed by atoms with Crippen molar-refractivity contribution in [3.63, 3.8) is 0 Å². The molecule has 0 amide bonds. The van der Waals surface area contributed by atoms with Crippen LogP contribution in [0.25, 0.3) is 32.7 Å². The Kier molecular flexibility index (Phi) is 9.65. The van der Waals surface area contributed by atoms with E-state index < -0.39 is 98.9 Å². The summed E-state index contributed by atoms with van der Waals surface area (Å²) in [6.45, 7) is 0. The van der Waals surface area contributed by atoms with Gasteiger partial charge in [-0.2, -0.15) is 43.2 Å². The van der Waals surface area contributed by atoms with Crippen molar-refractivity contribution < 1.29 is 62.5 Å². The molecule has 6 rings (SSSR count). The summed E-state index contributed by atoms with van der Waals surface area (Å²) < 4.78 is 154. The Bertz CT molecular complexity index is 2900. The van der Waals surface area contributed by atoms with Crippen LogP contribution >= 0.6 is 0 Å². The van der Waals surface area contributed by atoms with Crippen LogP contribution in [0.2, 0.25) is 0 Å². The lowest BCUT2D eigenvalue weighted by molar-refractivity contribution is -0.138. The normalized spacial score (nSPS) is 13.1. The molecule has 0 heterocycles. The Balaban J connectivity index is 1.44. The fourth-order valence-corrected chi connectivity index (χ4v) is 6.90. The molecule has 0 unspecified atom stereocenters. The molecule has 56 heavy (non-hydrogen) atoms. The lowest BCUT2D eigenvalue weighted by Crippen LogP contribution is -2.07. The number of anilines is 2. The van der Waals surface area contributed by atoms with Crippen molar-refractivity contribution in [2.75, 3.05) is 11.5 Å². The number of phenolic OH excluding ortho intramolecular Hbond substituents is 2. The van der Waals surface area contributed by atoms with Crippen molar-refractivity contribution in [1.29, 1.82) is 0 Å². The molecule has 14 nitrogen and oxygen atoms in total. The van der Waals surface area contributed by atoms with Crippen LogP contribution < -0.4 is 11.5 Å². The Morgan fingerprint density at radius 2 is 0.929 bits per heavy atom. The van der Waals surface area contributed by atoms with E-state index in [1.54, 1.807) is 0 Å². The summed E-state index contributed by atoms with van der Waals surface area (Å²) in [7, 11) is -10.3. The van der Waals surface area contributed by atoms with E-state index in [2.05, 4.69) is 20.5 Å². The number of phenols is 2. The molecule has 8 N–H and O–H groups in total. The summed E-state index contributed by atoms with van der Waals surface area (Å²) in [4.78, 5) is -2.03. The van der Waals surface area contributed by atoms with Crippen LogP contribution in [0.1, 0.15) is 11.1 Å². The average molecular weight is 821 g/mol. The molecule has 0 atom stereocenters. The first kappa shape index (κ1) is 39.3. The van der Waals surface area contributed by atoms with Gasteiger partial charge in [0.05, 0.1) is 22.5 Å². The smallest absolute Gasteiger partial charge is 0.418 e. The van der Waals surface area contributed by atoms with E-state index in [9.17, 15) is 62.5 Å². The van der Waals surface area contributed by atoms with Gasteiger partial charge >= 0.3 is 12.4 Å². The minimum atomic E-state index is -5.23. The molecule has 0 spiro atoms. The molecular formula is C34H22F6N6O8S2. The number of nitrogen functional groups attached to an aromatic ring is 2. The quantitative estimate of drug-likeness (QED) is 0.0385. The highest BCUT2D eigenvalue weighted by molar-refractivity contribution is 7.86. The third-order valence-electron chi connectivity index (χ3n) is 8.16. The average Bonchev–Trinajstić information content (AvgIpc) is 3.09. The predicted octanol–water partition coefficient (Wildman–Crippen LogP) is 9.60. The monoisotopic (exact) mass is 820 g/mol. The predicted molar refractivity (Wildman–Crippen MR) is 190 cm³/mol. The van der Waals surface area contributed by atoms with Gasteiger partial charge in [-0.25, -0.2) is 0 Å². The van der Waals surface area contributed by atoms with Crippen molar-refractivity contribution in [3.8, 4) is 22.6 Å². The van der Waals surface area contributed by atoms with Gasteiger partial charge in [0.2, 0.25) is 0 Å². The number of fused-ring (bicyclic) bond motifs is 2. The van der Waals surface area contributed by atoms with E-state index in [4.69, 9.17) is 11.5 Å². The standard InChI is InChI=1S/C34H22F6N6O8S2/c35-33(36,37)23-10-15(2-7-25(23)43-45-29-28(56(52,53)54)13-18-9-19(41)5-6-21(18)31(29)47)16-3-8-26(24(11-16)34(38,39)40)44-46-30-27(55(49,50)51)12-17-1-4-20(42)14-22(17)32(30)48/h1-14,47-48H,41-42H2,(H,49,50,51)(H,52,53,54)/b45-43+,46-44+. The summed E-state index contributed by atoms with van der Waals surface area (Å²) >= 11 is 0. The summed E-state index contributed by atoms with van der Waals surface area (Å²) in [6.07, 6.45) is -10.5. The van der Waals surface area contributed by atoms with Gasteiger partial charge in [0, 0.05) is 22.1 Å². The van der Waals surface area contributed by atoms with E-state index in [1.165, 1.54) is 36.4 Å².